The molecule has 2 rings (SSSR count). The number of nitrogens with zero attached hydrogens (tertiary/aromatic N) is 2. The van der Waals surface area contributed by atoms with Crippen molar-refractivity contribution in [2.45, 2.75) is 18.8 Å². The summed E-state index contributed by atoms with van der Waals surface area (Å²) in [4.78, 5) is 4.59. The third-order valence-corrected chi connectivity index (χ3v) is 3.92. The van der Waals surface area contributed by atoms with Crippen molar-refractivity contribution in [1.29, 1.82) is 0 Å². The van der Waals surface area contributed by atoms with E-state index in [0.29, 0.717) is 19.1 Å². The molecule has 1 heterocycles. The highest BCUT2D eigenvalue weighted by molar-refractivity contribution is 14.1. The van der Waals surface area contributed by atoms with Gasteiger partial charge in [-0.05, 0) is 47.2 Å². The van der Waals surface area contributed by atoms with Crippen LogP contribution in [0.15, 0.2) is 18.2 Å². The normalized spacial score (nSPS) is 11.3. The van der Waals surface area contributed by atoms with Crippen molar-refractivity contribution < 1.29 is 9.47 Å². The summed E-state index contributed by atoms with van der Waals surface area (Å²) in [6.07, 6.45) is 0.936. The minimum Gasteiger partial charge on any atom is -0.382 e. The molecule has 0 saturated carbocycles. The molecule has 0 aliphatic heterocycles. The van der Waals surface area contributed by atoms with E-state index in [-0.39, 0.29) is 0 Å². The Labute approximate surface area is 137 Å². The van der Waals surface area contributed by atoms with Crippen LogP contribution >= 0.6 is 34.2 Å². The van der Waals surface area contributed by atoms with Gasteiger partial charge < -0.3 is 14.0 Å². The molecule has 0 amide bonds. The number of hydrogen-bond acceptors (Lipinski definition) is 3. The highest BCUT2D eigenvalue weighted by Crippen LogP contribution is 2.20. The van der Waals surface area contributed by atoms with Gasteiger partial charge >= 0.3 is 0 Å². The summed E-state index contributed by atoms with van der Waals surface area (Å²) in [5.74, 6) is 1.34. The number of imidazole rings is 1. The number of ether oxygens (including phenoxy) is 2. The van der Waals surface area contributed by atoms with Crippen LogP contribution in [0.3, 0.4) is 0 Å². The lowest BCUT2D eigenvalue weighted by molar-refractivity contribution is 0.0681. The molecule has 0 aliphatic rings. The predicted octanol–water partition coefficient (Wildman–Crippen LogP) is 3.43. The zero-order valence-corrected chi connectivity index (χ0v) is 14.4. The van der Waals surface area contributed by atoms with Gasteiger partial charge in [-0.2, -0.15) is 0 Å². The lowest BCUT2D eigenvalue weighted by Gasteiger charge is -2.08. The van der Waals surface area contributed by atoms with E-state index < -0.39 is 0 Å². The second kappa shape index (κ2) is 8.17. The Hall–Kier alpha value is -0.370. The van der Waals surface area contributed by atoms with Crippen molar-refractivity contribution in [3.05, 3.63) is 27.6 Å². The zero-order chi connectivity index (χ0) is 14.4. The molecule has 2 aromatic rings. The number of benzene rings is 1. The Bertz CT molecular complexity index is 559. The van der Waals surface area contributed by atoms with Gasteiger partial charge in [-0.3, -0.25) is 0 Å². The third-order valence-electron chi connectivity index (χ3n) is 3.01. The van der Waals surface area contributed by atoms with Crippen LogP contribution in [-0.4, -0.2) is 36.5 Å². The van der Waals surface area contributed by atoms with E-state index in [0.717, 1.165) is 36.4 Å². The Morgan fingerprint density at radius 3 is 2.90 bits per heavy atom. The van der Waals surface area contributed by atoms with Gasteiger partial charge in [-0.15, -0.1) is 11.6 Å². The van der Waals surface area contributed by atoms with Crippen molar-refractivity contribution in [2.24, 2.45) is 0 Å². The molecular formula is C14H18ClIN2O2. The quantitative estimate of drug-likeness (QED) is 0.381. The molecule has 4 nitrogen and oxygen atoms in total. The summed E-state index contributed by atoms with van der Waals surface area (Å²) in [6, 6.07) is 6.28. The number of aromatic nitrogens is 2. The van der Waals surface area contributed by atoms with Crippen molar-refractivity contribution >= 4 is 45.2 Å². The van der Waals surface area contributed by atoms with Crippen molar-refractivity contribution in [3.8, 4) is 0 Å². The van der Waals surface area contributed by atoms with Crippen LogP contribution in [-0.2, 0) is 21.9 Å². The molecule has 6 heteroatoms. The summed E-state index contributed by atoms with van der Waals surface area (Å²) >= 11 is 8.29. The molecule has 0 N–H and O–H groups in total. The molecule has 1 aromatic carbocycles. The lowest BCUT2D eigenvalue weighted by Crippen LogP contribution is -2.08. The van der Waals surface area contributed by atoms with E-state index in [9.17, 15) is 0 Å². The number of methoxy groups -OCH3 is 1. The molecule has 0 saturated heterocycles. The molecule has 20 heavy (non-hydrogen) atoms. The van der Waals surface area contributed by atoms with Gasteiger partial charge in [0.05, 0.1) is 30.1 Å². The maximum absolute atomic E-state index is 5.99. The average Bonchev–Trinajstić information content (AvgIpc) is 2.79. The van der Waals surface area contributed by atoms with Crippen LogP contribution in [0.5, 0.6) is 0 Å². The maximum atomic E-state index is 5.99. The van der Waals surface area contributed by atoms with E-state index in [1.54, 1.807) is 7.11 Å². The van der Waals surface area contributed by atoms with Crippen LogP contribution in [0, 0.1) is 3.57 Å². The standard InChI is InChI=1S/C14H18ClIN2O2/c1-19-7-8-20-6-2-5-18-13-4-3-11(16)9-12(13)17-14(18)10-15/h3-4,9H,2,5-8,10H2,1H3. The first-order chi connectivity index (χ1) is 9.76. The van der Waals surface area contributed by atoms with Crippen LogP contribution in [0.1, 0.15) is 12.2 Å². The fourth-order valence-corrected chi connectivity index (χ4v) is 2.75. The fraction of sp³-hybridized carbons (Fsp3) is 0.500. The molecule has 0 atom stereocenters. The summed E-state index contributed by atoms with van der Waals surface area (Å²) in [5.41, 5.74) is 2.14. The minimum absolute atomic E-state index is 0.426. The minimum atomic E-state index is 0.426. The van der Waals surface area contributed by atoms with Crippen molar-refractivity contribution in [2.75, 3.05) is 26.9 Å². The molecule has 0 fully saturated rings. The summed E-state index contributed by atoms with van der Waals surface area (Å²) in [7, 11) is 1.68. The summed E-state index contributed by atoms with van der Waals surface area (Å²) < 4.78 is 13.8. The zero-order valence-electron chi connectivity index (χ0n) is 11.4. The number of aryl methyl sites for hydroxylation is 1. The Morgan fingerprint density at radius 1 is 1.30 bits per heavy atom. The van der Waals surface area contributed by atoms with Gasteiger partial charge in [0, 0.05) is 23.8 Å². The Balaban J connectivity index is 2.01. The maximum Gasteiger partial charge on any atom is 0.124 e. The van der Waals surface area contributed by atoms with Crippen LogP contribution < -0.4 is 0 Å². The molecular weight excluding hydrogens is 391 g/mol. The molecule has 110 valence electrons. The second-order valence-corrected chi connectivity index (χ2v) is 5.92. The van der Waals surface area contributed by atoms with E-state index in [2.05, 4.69) is 50.3 Å². The molecule has 0 aliphatic carbocycles. The van der Waals surface area contributed by atoms with Crippen molar-refractivity contribution in [3.63, 3.8) is 0 Å². The summed E-state index contributed by atoms with van der Waals surface area (Å²) in [5, 5.41) is 0. The molecule has 0 spiro atoms. The van der Waals surface area contributed by atoms with Gasteiger partial charge in [0.1, 0.15) is 5.82 Å². The van der Waals surface area contributed by atoms with Gasteiger partial charge in [-0.25, -0.2) is 4.98 Å². The smallest absolute Gasteiger partial charge is 0.124 e. The second-order valence-electron chi connectivity index (χ2n) is 4.41. The topological polar surface area (TPSA) is 36.3 Å². The summed E-state index contributed by atoms with van der Waals surface area (Å²) in [6.45, 7) is 2.86. The third kappa shape index (κ3) is 4.07. The number of halogens is 2. The SMILES string of the molecule is COCCOCCCn1c(CCl)nc2cc(I)ccc21. The van der Waals surface area contributed by atoms with Gasteiger partial charge in [0.15, 0.2) is 0 Å². The molecule has 0 radical (unpaired) electrons. The van der Waals surface area contributed by atoms with E-state index in [4.69, 9.17) is 21.1 Å². The van der Waals surface area contributed by atoms with Crippen LogP contribution in [0.2, 0.25) is 0 Å². The van der Waals surface area contributed by atoms with Crippen LogP contribution in [0.4, 0.5) is 0 Å². The number of rotatable bonds is 8. The molecule has 0 unspecified atom stereocenters. The first-order valence-electron chi connectivity index (χ1n) is 6.53. The molecule has 1 aromatic heterocycles. The monoisotopic (exact) mass is 408 g/mol. The Morgan fingerprint density at radius 2 is 2.15 bits per heavy atom. The number of fused-ring (bicyclic) bond motifs is 1. The fourth-order valence-electron chi connectivity index (χ4n) is 2.07. The van der Waals surface area contributed by atoms with Crippen molar-refractivity contribution in [1.82, 2.24) is 9.55 Å². The number of hydrogen-bond donors (Lipinski definition) is 0. The predicted molar refractivity (Wildman–Crippen MR) is 89.3 cm³/mol. The van der Waals surface area contributed by atoms with Gasteiger partial charge in [-0.1, -0.05) is 0 Å². The van der Waals surface area contributed by atoms with E-state index in [1.165, 1.54) is 3.57 Å². The lowest BCUT2D eigenvalue weighted by atomic mass is 10.3. The average molecular weight is 409 g/mol. The van der Waals surface area contributed by atoms with Gasteiger partial charge in [0.2, 0.25) is 0 Å². The first kappa shape index (κ1) is 16.0. The molecule has 0 bridgehead atoms. The number of alkyl halides is 1. The Kier molecular flexibility index (Phi) is 6.54. The largest absolute Gasteiger partial charge is 0.382 e. The van der Waals surface area contributed by atoms with Crippen LogP contribution in [0.25, 0.3) is 11.0 Å². The highest BCUT2D eigenvalue weighted by atomic mass is 127. The van der Waals surface area contributed by atoms with Gasteiger partial charge in [0.25, 0.3) is 0 Å². The first-order valence-corrected chi connectivity index (χ1v) is 8.15. The van der Waals surface area contributed by atoms with E-state index in [1.807, 2.05) is 0 Å². The van der Waals surface area contributed by atoms with E-state index >= 15 is 0 Å². The highest BCUT2D eigenvalue weighted by Gasteiger charge is 2.09.